The molecule has 0 atom stereocenters. The number of carbonyl (C=O) groups excluding carboxylic acids is 2. The number of rotatable bonds is 6. The Morgan fingerprint density at radius 3 is 2.61 bits per heavy atom. The van der Waals surface area contributed by atoms with Crippen molar-refractivity contribution < 1.29 is 14.3 Å². The number of ether oxygens (including phenoxy) is 1. The summed E-state index contributed by atoms with van der Waals surface area (Å²) in [5, 5.41) is 5.21. The summed E-state index contributed by atoms with van der Waals surface area (Å²) in [6.45, 7) is 8.96. The van der Waals surface area contributed by atoms with Gasteiger partial charge in [0.05, 0.1) is 24.7 Å². The summed E-state index contributed by atoms with van der Waals surface area (Å²) < 4.78 is 6.82. The maximum absolute atomic E-state index is 13.0. The maximum atomic E-state index is 13.0. The Hall–Kier alpha value is -3.27. The molecule has 0 saturated carbocycles. The van der Waals surface area contributed by atoms with Crippen molar-refractivity contribution in [3.05, 3.63) is 35.0 Å². The number of esters is 1. The molecule has 1 aliphatic rings. The van der Waals surface area contributed by atoms with Crippen LogP contribution >= 0.6 is 0 Å². The summed E-state index contributed by atoms with van der Waals surface area (Å²) in [4.78, 5) is 41.3. The molecule has 1 fully saturated rings. The molecular weight excluding hydrogens is 398 g/mol. The van der Waals surface area contributed by atoms with Crippen molar-refractivity contribution in [2.75, 3.05) is 44.2 Å². The number of nitrogens with one attached hydrogen (secondary N) is 1. The second-order valence-corrected chi connectivity index (χ2v) is 7.73. The van der Waals surface area contributed by atoms with Crippen molar-refractivity contribution in [3.63, 3.8) is 0 Å². The minimum Gasteiger partial charge on any atom is -0.461 e. The largest absolute Gasteiger partial charge is 0.461 e. The smallest absolute Gasteiger partial charge is 0.355 e. The van der Waals surface area contributed by atoms with E-state index in [2.05, 4.69) is 29.9 Å². The Labute approximate surface area is 180 Å². The third kappa shape index (κ3) is 3.90. The topological polar surface area (TPSA) is 109 Å². The second-order valence-electron chi connectivity index (χ2n) is 7.73. The molecule has 1 N–H and O–H groups in total. The van der Waals surface area contributed by atoms with Crippen LogP contribution in [-0.4, -0.2) is 80.7 Å². The quantitative estimate of drug-likeness (QED) is 0.467. The predicted octanol–water partition coefficient (Wildman–Crippen LogP) is 1.49. The number of hydrogen-bond acceptors (Lipinski definition) is 8. The van der Waals surface area contributed by atoms with Crippen LogP contribution in [0.15, 0.2) is 12.5 Å². The van der Waals surface area contributed by atoms with Crippen LogP contribution in [0.5, 0.6) is 0 Å². The summed E-state index contributed by atoms with van der Waals surface area (Å²) in [5.41, 5.74) is 3.09. The number of Topliss-reactive ketones (excluding diaryl/α,β-unsaturated/α-hetero) is 1. The monoisotopic (exact) mass is 425 g/mol. The van der Waals surface area contributed by atoms with Crippen LogP contribution in [0, 0.1) is 13.8 Å². The van der Waals surface area contributed by atoms with E-state index in [-0.39, 0.29) is 5.78 Å². The third-order valence-corrected chi connectivity index (χ3v) is 5.74. The molecule has 1 aliphatic heterocycles. The first-order valence-electron chi connectivity index (χ1n) is 10.4. The normalized spacial score (nSPS) is 14.9. The van der Waals surface area contributed by atoms with Gasteiger partial charge < -0.3 is 14.6 Å². The molecule has 10 nitrogen and oxygen atoms in total. The summed E-state index contributed by atoms with van der Waals surface area (Å²) in [7, 11) is 1.86. The first kappa shape index (κ1) is 21.0. The molecule has 4 rings (SSSR count). The van der Waals surface area contributed by atoms with E-state index >= 15 is 0 Å². The lowest BCUT2D eigenvalue weighted by atomic mass is 10.0. The molecule has 0 amide bonds. The second kappa shape index (κ2) is 8.46. The molecule has 31 heavy (non-hydrogen) atoms. The van der Waals surface area contributed by atoms with E-state index in [4.69, 9.17) is 4.74 Å². The highest BCUT2D eigenvalue weighted by atomic mass is 16.5. The van der Waals surface area contributed by atoms with E-state index in [9.17, 15) is 9.59 Å². The number of aromatic amines is 1. The molecule has 1 saturated heterocycles. The lowest BCUT2D eigenvalue weighted by Gasteiger charge is -2.35. The van der Waals surface area contributed by atoms with Crippen LogP contribution in [0.1, 0.15) is 39.0 Å². The van der Waals surface area contributed by atoms with Gasteiger partial charge in [-0.1, -0.05) is 0 Å². The number of anilines is 1. The van der Waals surface area contributed by atoms with Crippen LogP contribution in [0.25, 0.3) is 11.0 Å². The fourth-order valence-electron chi connectivity index (χ4n) is 4.18. The summed E-state index contributed by atoms with van der Waals surface area (Å²) in [6.07, 6.45) is 3.35. The molecule has 10 heteroatoms. The zero-order valence-electron chi connectivity index (χ0n) is 18.3. The first-order valence-corrected chi connectivity index (χ1v) is 10.4. The fourth-order valence-corrected chi connectivity index (χ4v) is 4.18. The number of nitrogens with zero attached hydrogens (tertiary/aromatic N) is 6. The molecule has 0 unspecified atom stereocenters. The molecule has 0 aromatic carbocycles. The highest BCUT2D eigenvalue weighted by Gasteiger charge is 2.26. The van der Waals surface area contributed by atoms with E-state index in [1.165, 1.54) is 0 Å². The van der Waals surface area contributed by atoms with Gasteiger partial charge in [-0.3, -0.25) is 14.4 Å². The van der Waals surface area contributed by atoms with Gasteiger partial charge in [-0.15, -0.1) is 0 Å². The van der Waals surface area contributed by atoms with Crippen LogP contribution in [0.2, 0.25) is 0 Å². The standard InChI is InChI=1S/C21H27N7O3/c1-5-31-21(30)18-13(2)17(14(3)25-18)16(29)11-27-6-8-28(9-7-27)20-15-10-24-26(4)19(15)22-12-23-20/h10,12,25H,5-9,11H2,1-4H3. The maximum Gasteiger partial charge on any atom is 0.355 e. The van der Waals surface area contributed by atoms with Crippen LogP contribution in [0.4, 0.5) is 5.82 Å². The summed E-state index contributed by atoms with van der Waals surface area (Å²) >= 11 is 0. The van der Waals surface area contributed by atoms with Gasteiger partial charge in [-0.2, -0.15) is 5.10 Å². The Balaban J connectivity index is 1.42. The van der Waals surface area contributed by atoms with Crippen molar-refractivity contribution in [3.8, 4) is 0 Å². The number of H-pyrrole nitrogens is 1. The van der Waals surface area contributed by atoms with Crippen molar-refractivity contribution in [1.82, 2.24) is 29.6 Å². The minimum absolute atomic E-state index is 0.00642. The van der Waals surface area contributed by atoms with Gasteiger partial charge in [-0.25, -0.2) is 14.8 Å². The highest BCUT2D eigenvalue weighted by Crippen LogP contribution is 2.24. The number of fused-ring (bicyclic) bond motifs is 1. The van der Waals surface area contributed by atoms with Crippen molar-refractivity contribution >= 4 is 28.6 Å². The summed E-state index contributed by atoms with van der Waals surface area (Å²) in [5.74, 6) is 0.453. The molecule has 0 radical (unpaired) electrons. The van der Waals surface area contributed by atoms with E-state index in [0.29, 0.717) is 35.7 Å². The van der Waals surface area contributed by atoms with E-state index in [0.717, 1.165) is 43.0 Å². The number of aryl methyl sites for hydroxylation is 2. The third-order valence-electron chi connectivity index (χ3n) is 5.74. The van der Waals surface area contributed by atoms with Crippen LogP contribution in [-0.2, 0) is 11.8 Å². The molecule has 4 heterocycles. The molecule has 3 aromatic heterocycles. The van der Waals surface area contributed by atoms with Gasteiger partial charge in [0.15, 0.2) is 11.4 Å². The van der Waals surface area contributed by atoms with Crippen molar-refractivity contribution in [2.24, 2.45) is 7.05 Å². The number of ketones is 1. The average molecular weight is 425 g/mol. The van der Waals surface area contributed by atoms with Crippen molar-refractivity contribution in [1.29, 1.82) is 0 Å². The Morgan fingerprint density at radius 1 is 1.16 bits per heavy atom. The molecule has 0 aliphatic carbocycles. The van der Waals surface area contributed by atoms with Gasteiger partial charge in [0.1, 0.15) is 17.8 Å². The lowest BCUT2D eigenvalue weighted by Crippen LogP contribution is -2.48. The fraction of sp³-hybridized carbons (Fsp3) is 0.476. The zero-order valence-corrected chi connectivity index (χ0v) is 18.3. The Bertz CT molecular complexity index is 1130. The molecule has 3 aromatic rings. The lowest BCUT2D eigenvalue weighted by molar-refractivity contribution is 0.0519. The molecule has 0 spiro atoms. The van der Waals surface area contributed by atoms with Crippen molar-refractivity contribution in [2.45, 2.75) is 20.8 Å². The van der Waals surface area contributed by atoms with Gasteiger partial charge in [0.2, 0.25) is 0 Å². The number of aromatic nitrogens is 5. The Kier molecular flexibility index (Phi) is 5.73. The van der Waals surface area contributed by atoms with E-state index < -0.39 is 5.97 Å². The highest BCUT2D eigenvalue weighted by molar-refractivity contribution is 6.03. The molecule has 164 valence electrons. The van der Waals surface area contributed by atoms with Crippen LogP contribution < -0.4 is 4.90 Å². The zero-order chi connectivity index (χ0) is 22.1. The predicted molar refractivity (Wildman–Crippen MR) is 116 cm³/mol. The van der Waals surface area contributed by atoms with Gasteiger partial charge in [-0.05, 0) is 26.3 Å². The Morgan fingerprint density at radius 2 is 1.90 bits per heavy atom. The summed E-state index contributed by atoms with van der Waals surface area (Å²) in [6, 6.07) is 0. The van der Waals surface area contributed by atoms with Gasteiger partial charge in [0, 0.05) is 44.5 Å². The number of piperazine rings is 1. The van der Waals surface area contributed by atoms with E-state index in [1.54, 1.807) is 31.1 Å². The SMILES string of the molecule is CCOC(=O)c1[nH]c(C)c(C(=O)CN2CCN(c3ncnc4c3cnn4C)CC2)c1C. The molecular formula is C21H27N7O3. The van der Waals surface area contributed by atoms with Crippen LogP contribution in [0.3, 0.4) is 0 Å². The van der Waals surface area contributed by atoms with Gasteiger partial charge in [0.25, 0.3) is 0 Å². The van der Waals surface area contributed by atoms with E-state index in [1.807, 2.05) is 14.0 Å². The first-order chi connectivity index (χ1) is 14.9. The number of hydrogen-bond donors (Lipinski definition) is 1. The van der Waals surface area contributed by atoms with Gasteiger partial charge >= 0.3 is 5.97 Å². The number of carbonyl (C=O) groups is 2. The average Bonchev–Trinajstić information content (AvgIpc) is 3.28. The molecule has 0 bridgehead atoms. The minimum atomic E-state index is -0.428.